The molecule has 1 heterocycles. The molecule has 6 heteroatoms. The van der Waals surface area contributed by atoms with E-state index in [1.807, 2.05) is 0 Å². The minimum absolute atomic E-state index is 0.203. The molecule has 1 rings (SSSR count). The molecular weight excluding hydrogens is 206 g/mol. The number of alkyl carbamates (subject to hydrolysis) is 1. The van der Waals surface area contributed by atoms with Crippen molar-refractivity contribution in [2.75, 3.05) is 12.4 Å². The van der Waals surface area contributed by atoms with Gasteiger partial charge in [0, 0.05) is 0 Å². The Morgan fingerprint density at radius 1 is 1.57 bits per heavy atom. The highest BCUT2D eigenvalue weighted by molar-refractivity contribution is 7.80. The maximum absolute atomic E-state index is 11.2. The van der Waals surface area contributed by atoms with Crippen LogP contribution in [0.1, 0.15) is 20.8 Å². The van der Waals surface area contributed by atoms with Crippen molar-refractivity contribution in [1.82, 2.24) is 5.32 Å². The van der Waals surface area contributed by atoms with Crippen LogP contribution in [-0.2, 0) is 20.0 Å². The van der Waals surface area contributed by atoms with Gasteiger partial charge in [0.2, 0.25) is 0 Å². The molecule has 14 heavy (non-hydrogen) atoms. The molecule has 1 N–H and O–H groups in total. The smallest absolute Gasteiger partial charge is 0.407 e. The fourth-order valence-corrected chi connectivity index (χ4v) is 1.90. The van der Waals surface area contributed by atoms with Gasteiger partial charge in [0.25, 0.3) is 0 Å². The van der Waals surface area contributed by atoms with Crippen LogP contribution in [0.25, 0.3) is 0 Å². The summed E-state index contributed by atoms with van der Waals surface area (Å²) in [5.74, 6) is 0.333. The predicted molar refractivity (Wildman–Crippen MR) is 52.1 cm³/mol. The van der Waals surface area contributed by atoms with E-state index < -0.39 is 22.8 Å². The lowest BCUT2D eigenvalue weighted by Gasteiger charge is -2.20. The Balaban J connectivity index is 2.31. The maximum atomic E-state index is 11.2. The summed E-state index contributed by atoms with van der Waals surface area (Å²) in [4.78, 5) is 11.2. The number of amides is 1. The monoisotopic (exact) mass is 221 g/mol. The minimum Gasteiger partial charge on any atom is -0.444 e. The normalized spacial score (nSPS) is 27.4. The first kappa shape index (κ1) is 11.5. The minimum atomic E-state index is -1.26. The van der Waals surface area contributed by atoms with Crippen molar-refractivity contribution in [1.29, 1.82) is 0 Å². The van der Waals surface area contributed by atoms with E-state index >= 15 is 0 Å². The zero-order valence-corrected chi connectivity index (χ0v) is 9.35. The third kappa shape index (κ3) is 4.06. The highest BCUT2D eigenvalue weighted by Gasteiger charge is 2.26. The SMILES string of the molecule is CC(C)(C)OC(=O)N[C@@H]1CO[S@](=O)C1. The van der Waals surface area contributed by atoms with Crippen LogP contribution in [0.4, 0.5) is 4.79 Å². The van der Waals surface area contributed by atoms with Crippen molar-refractivity contribution in [3.8, 4) is 0 Å². The van der Waals surface area contributed by atoms with Gasteiger partial charge in [-0.2, -0.15) is 0 Å². The van der Waals surface area contributed by atoms with Crippen molar-refractivity contribution in [2.24, 2.45) is 0 Å². The molecule has 1 aliphatic rings. The third-order valence-corrected chi connectivity index (χ3v) is 2.53. The number of carbonyl (C=O) groups excluding carboxylic acids is 1. The molecule has 5 nitrogen and oxygen atoms in total. The number of rotatable bonds is 1. The lowest BCUT2D eigenvalue weighted by atomic mass is 10.2. The van der Waals surface area contributed by atoms with Gasteiger partial charge in [-0.3, -0.25) is 4.18 Å². The lowest BCUT2D eigenvalue weighted by Crippen LogP contribution is -2.40. The summed E-state index contributed by atoms with van der Waals surface area (Å²) in [6, 6.07) is -0.203. The van der Waals surface area contributed by atoms with Gasteiger partial charge in [-0.15, -0.1) is 0 Å². The van der Waals surface area contributed by atoms with Crippen LogP contribution in [0.5, 0.6) is 0 Å². The van der Waals surface area contributed by atoms with E-state index in [-0.39, 0.29) is 12.6 Å². The Bertz CT molecular complexity index is 248. The van der Waals surface area contributed by atoms with Gasteiger partial charge in [0.1, 0.15) is 5.60 Å². The average molecular weight is 221 g/mol. The average Bonchev–Trinajstić information content (AvgIpc) is 2.30. The first-order valence-electron chi connectivity index (χ1n) is 4.38. The summed E-state index contributed by atoms with van der Waals surface area (Å²) in [6.45, 7) is 5.65. The van der Waals surface area contributed by atoms with Gasteiger partial charge in [0.05, 0.1) is 18.4 Å². The summed E-state index contributed by atoms with van der Waals surface area (Å²) in [5.41, 5.74) is -0.511. The highest BCUT2D eigenvalue weighted by Crippen LogP contribution is 2.08. The van der Waals surface area contributed by atoms with Crippen molar-refractivity contribution >= 4 is 17.2 Å². The number of ether oxygens (including phenoxy) is 1. The molecule has 1 aliphatic heterocycles. The first-order valence-corrected chi connectivity index (χ1v) is 5.62. The molecule has 0 aliphatic carbocycles. The summed E-state index contributed by atoms with van der Waals surface area (Å²) in [7, 11) is 0. The Labute approximate surface area is 85.8 Å². The van der Waals surface area contributed by atoms with Gasteiger partial charge in [-0.25, -0.2) is 9.00 Å². The van der Waals surface area contributed by atoms with Crippen LogP contribution in [0.2, 0.25) is 0 Å². The van der Waals surface area contributed by atoms with Gasteiger partial charge in [-0.05, 0) is 20.8 Å². The summed E-state index contributed by atoms with van der Waals surface area (Å²) < 4.78 is 20.6. The van der Waals surface area contributed by atoms with Crippen LogP contribution >= 0.6 is 0 Å². The van der Waals surface area contributed by atoms with Gasteiger partial charge < -0.3 is 10.1 Å². The molecule has 0 aromatic carbocycles. The van der Waals surface area contributed by atoms with E-state index in [9.17, 15) is 9.00 Å². The van der Waals surface area contributed by atoms with E-state index in [2.05, 4.69) is 5.32 Å². The fourth-order valence-electron chi connectivity index (χ4n) is 0.976. The Hall–Kier alpha value is -0.620. The van der Waals surface area contributed by atoms with Crippen molar-refractivity contribution in [3.63, 3.8) is 0 Å². The highest BCUT2D eigenvalue weighted by atomic mass is 32.2. The van der Waals surface area contributed by atoms with E-state index in [4.69, 9.17) is 8.92 Å². The standard InChI is InChI=1S/C8H15NO4S/c1-8(2,3)13-7(10)9-6-4-12-14(11)5-6/h6H,4-5H2,1-3H3,(H,9,10)/t6-,14+/m1/s1. The summed E-state index contributed by atoms with van der Waals surface area (Å²) >= 11 is -1.26. The second-order valence-electron chi connectivity index (χ2n) is 4.10. The van der Waals surface area contributed by atoms with Crippen LogP contribution in [0.3, 0.4) is 0 Å². The molecule has 1 fully saturated rings. The summed E-state index contributed by atoms with van der Waals surface area (Å²) in [5, 5.41) is 2.59. The largest absolute Gasteiger partial charge is 0.444 e. The van der Waals surface area contributed by atoms with Gasteiger partial charge in [-0.1, -0.05) is 0 Å². The Morgan fingerprint density at radius 2 is 2.21 bits per heavy atom. The maximum Gasteiger partial charge on any atom is 0.407 e. The van der Waals surface area contributed by atoms with Crippen LogP contribution in [-0.4, -0.2) is 34.3 Å². The lowest BCUT2D eigenvalue weighted by molar-refractivity contribution is 0.0503. The molecular formula is C8H15NO4S. The molecule has 0 spiro atoms. The number of carbonyl (C=O) groups is 1. The van der Waals surface area contributed by atoms with E-state index in [0.717, 1.165) is 0 Å². The molecule has 0 radical (unpaired) electrons. The third-order valence-electron chi connectivity index (χ3n) is 1.46. The zero-order valence-electron chi connectivity index (χ0n) is 8.53. The quantitative estimate of drug-likeness (QED) is 0.703. The van der Waals surface area contributed by atoms with Crippen molar-refractivity contribution < 1.29 is 17.9 Å². The molecule has 0 aromatic rings. The number of hydrogen-bond donors (Lipinski definition) is 1. The van der Waals surface area contributed by atoms with Crippen molar-refractivity contribution in [2.45, 2.75) is 32.4 Å². The molecule has 0 saturated carbocycles. The van der Waals surface area contributed by atoms with Crippen LogP contribution in [0.15, 0.2) is 0 Å². The van der Waals surface area contributed by atoms with E-state index in [1.165, 1.54) is 0 Å². The zero-order chi connectivity index (χ0) is 10.8. The van der Waals surface area contributed by atoms with Crippen molar-refractivity contribution in [3.05, 3.63) is 0 Å². The van der Waals surface area contributed by atoms with E-state index in [1.54, 1.807) is 20.8 Å². The molecule has 0 bridgehead atoms. The predicted octanol–water partition coefficient (Wildman–Crippen LogP) is 0.574. The molecule has 0 unspecified atom stereocenters. The molecule has 0 aromatic heterocycles. The molecule has 2 atom stereocenters. The topological polar surface area (TPSA) is 64.6 Å². The van der Waals surface area contributed by atoms with Crippen LogP contribution < -0.4 is 5.32 Å². The van der Waals surface area contributed by atoms with Gasteiger partial charge in [0.15, 0.2) is 11.1 Å². The van der Waals surface area contributed by atoms with E-state index in [0.29, 0.717) is 5.75 Å². The first-order chi connectivity index (χ1) is 6.37. The summed E-state index contributed by atoms with van der Waals surface area (Å²) in [6.07, 6.45) is -0.495. The Morgan fingerprint density at radius 3 is 2.64 bits per heavy atom. The number of nitrogens with one attached hydrogen (secondary N) is 1. The second-order valence-corrected chi connectivity index (χ2v) is 5.27. The number of hydrogen-bond acceptors (Lipinski definition) is 4. The molecule has 82 valence electrons. The van der Waals surface area contributed by atoms with Gasteiger partial charge >= 0.3 is 6.09 Å². The molecule has 1 saturated heterocycles. The Kier molecular flexibility index (Phi) is 3.49. The second kappa shape index (κ2) is 4.27. The van der Waals surface area contributed by atoms with Crippen LogP contribution in [0, 0.1) is 0 Å². The molecule has 1 amide bonds. The fraction of sp³-hybridized carbons (Fsp3) is 0.875.